The molecule has 0 radical (unpaired) electrons. The van der Waals surface area contributed by atoms with Gasteiger partial charge in [-0.05, 0) is 61.2 Å². The highest BCUT2D eigenvalue weighted by atomic mass is 19.3. The third-order valence-corrected chi connectivity index (χ3v) is 5.40. The van der Waals surface area contributed by atoms with Crippen LogP contribution in [-0.2, 0) is 14.9 Å². The highest BCUT2D eigenvalue weighted by molar-refractivity contribution is 5.91. The molecule has 2 aromatic rings. The standard InChI is InChI=1S/C24H26F3NO4/c1-2-31-21-14-17(6-8-20(21)32-23(26)27)7-9-22(29)28-16-24(10-12-30-13-11-24)18-4-3-5-19(25)15-18/h3-9,14-15,23H,2,10-13,16H2,1H3,(H,28,29)/b9-7+. The van der Waals surface area contributed by atoms with Gasteiger partial charge in [0.25, 0.3) is 0 Å². The maximum atomic E-state index is 13.8. The summed E-state index contributed by atoms with van der Waals surface area (Å²) in [5, 5.41) is 2.90. The molecule has 8 heteroatoms. The monoisotopic (exact) mass is 449 g/mol. The molecule has 1 aliphatic heterocycles. The molecule has 3 rings (SSSR count). The van der Waals surface area contributed by atoms with E-state index in [2.05, 4.69) is 10.1 Å². The Labute approximate surface area is 185 Å². The van der Waals surface area contributed by atoms with Gasteiger partial charge < -0.3 is 19.5 Å². The van der Waals surface area contributed by atoms with E-state index in [1.807, 2.05) is 6.07 Å². The Balaban J connectivity index is 1.68. The SMILES string of the molecule is CCOc1cc(/C=C/C(=O)NCC2(c3cccc(F)c3)CCOCC2)ccc1OC(F)F. The number of carbonyl (C=O) groups is 1. The van der Waals surface area contributed by atoms with E-state index in [4.69, 9.17) is 9.47 Å². The zero-order chi connectivity index (χ0) is 23.0. The van der Waals surface area contributed by atoms with Crippen LogP contribution in [-0.4, -0.2) is 38.9 Å². The topological polar surface area (TPSA) is 56.8 Å². The minimum absolute atomic E-state index is 0.0694. The van der Waals surface area contributed by atoms with Crippen molar-refractivity contribution in [2.24, 2.45) is 0 Å². The lowest BCUT2D eigenvalue weighted by molar-refractivity contribution is -0.116. The Bertz CT molecular complexity index is 943. The Morgan fingerprint density at radius 1 is 1.19 bits per heavy atom. The van der Waals surface area contributed by atoms with Crippen LogP contribution in [0.3, 0.4) is 0 Å². The predicted octanol–water partition coefficient (Wildman–Crippen LogP) is 4.70. The van der Waals surface area contributed by atoms with Crippen molar-refractivity contribution in [2.75, 3.05) is 26.4 Å². The van der Waals surface area contributed by atoms with E-state index >= 15 is 0 Å². The quantitative estimate of drug-likeness (QED) is 0.564. The number of carbonyl (C=O) groups excluding carboxylic acids is 1. The van der Waals surface area contributed by atoms with Crippen molar-refractivity contribution in [3.63, 3.8) is 0 Å². The number of benzene rings is 2. The molecule has 0 bridgehead atoms. The summed E-state index contributed by atoms with van der Waals surface area (Å²) in [6, 6.07) is 10.9. The third-order valence-electron chi connectivity index (χ3n) is 5.40. The maximum absolute atomic E-state index is 13.8. The van der Waals surface area contributed by atoms with Gasteiger partial charge >= 0.3 is 6.61 Å². The lowest BCUT2D eigenvalue weighted by Gasteiger charge is -2.37. The molecule has 1 saturated heterocycles. The lowest BCUT2D eigenvalue weighted by atomic mass is 9.74. The fourth-order valence-electron chi connectivity index (χ4n) is 3.73. The maximum Gasteiger partial charge on any atom is 0.387 e. The van der Waals surface area contributed by atoms with Crippen molar-refractivity contribution in [1.82, 2.24) is 5.32 Å². The number of nitrogens with one attached hydrogen (secondary N) is 1. The summed E-state index contributed by atoms with van der Waals surface area (Å²) in [6.07, 6.45) is 4.26. The van der Waals surface area contributed by atoms with E-state index in [0.717, 1.165) is 5.56 Å². The lowest BCUT2D eigenvalue weighted by Crippen LogP contribution is -2.44. The number of hydrogen-bond donors (Lipinski definition) is 1. The van der Waals surface area contributed by atoms with E-state index in [1.165, 1.54) is 30.3 Å². The van der Waals surface area contributed by atoms with Gasteiger partial charge in [-0.15, -0.1) is 0 Å². The van der Waals surface area contributed by atoms with E-state index in [9.17, 15) is 18.0 Å². The van der Waals surface area contributed by atoms with Crippen molar-refractivity contribution in [3.05, 3.63) is 65.5 Å². The highest BCUT2D eigenvalue weighted by Gasteiger charge is 2.35. The Hall–Kier alpha value is -3.00. The van der Waals surface area contributed by atoms with Crippen molar-refractivity contribution in [3.8, 4) is 11.5 Å². The van der Waals surface area contributed by atoms with Crippen LogP contribution in [0, 0.1) is 5.82 Å². The molecule has 0 saturated carbocycles. The molecule has 1 N–H and O–H groups in total. The van der Waals surface area contributed by atoms with Gasteiger partial charge in [-0.25, -0.2) is 4.39 Å². The fourth-order valence-corrected chi connectivity index (χ4v) is 3.73. The Morgan fingerprint density at radius 3 is 2.66 bits per heavy atom. The smallest absolute Gasteiger partial charge is 0.387 e. The summed E-state index contributed by atoms with van der Waals surface area (Å²) in [4.78, 5) is 12.5. The molecule has 1 aliphatic rings. The number of ether oxygens (including phenoxy) is 3. The molecule has 32 heavy (non-hydrogen) atoms. The van der Waals surface area contributed by atoms with Crippen LogP contribution >= 0.6 is 0 Å². The summed E-state index contributed by atoms with van der Waals surface area (Å²) >= 11 is 0. The molecular weight excluding hydrogens is 423 g/mol. The molecule has 2 aromatic carbocycles. The first kappa shape index (κ1) is 23.7. The predicted molar refractivity (Wildman–Crippen MR) is 114 cm³/mol. The van der Waals surface area contributed by atoms with Gasteiger partial charge in [0.15, 0.2) is 11.5 Å². The number of alkyl halides is 2. The van der Waals surface area contributed by atoms with E-state index < -0.39 is 12.0 Å². The molecule has 0 aromatic heterocycles. The van der Waals surface area contributed by atoms with Gasteiger partial charge in [-0.3, -0.25) is 4.79 Å². The van der Waals surface area contributed by atoms with Crippen molar-refractivity contribution < 1.29 is 32.2 Å². The number of amides is 1. The van der Waals surface area contributed by atoms with Gasteiger partial charge in [-0.1, -0.05) is 18.2 Å². The molecular formula is C24H26F3NO4. The van der Waals surface area contributed by atoms with Crippen LogP contribution in [0.2, 0.25) is 0 Å². The molecule has 5 nitrogen and oxygen atoms in total. The van der Waals surface area contributed by atoms with Crippen molar-refractivity contribution >= 4 is 12.0 Å². The van der Waals surface area contributed by atoms with E-state index in [-0.39, 0.29) is 29.8 Å². The zero-order valence-electron chi connectivity index (χ0n) is 17.8. The second kappa shape index (κ2) is 11.0. The molecule has 172 valence electrons. The molecule has 1 heterocycles. The van der Waals surface area contributed by atoms with Gasteiger partial charge in [0.2, 0.25) is 5.91 Å². The van der Waals surface area contributed by atoms with Crippen LogP contribution in [0.15, 0.2) is 48.5 Å². The first-order valence-electron chi connectivity index (χ1n) is 10.4. The van der Waals surface area contributed by atoms with Crippen LogP contribution in [0.1, 0.15) is 30.9 Å². The van der Waals surface area contributed by atoms with E-state index in [1.54, 1.807) is 25.1 Å². The largest absolute Gasteiger partial charge is 0.490 e. The summed E-state index contributed by atoms with van der Waals surface area (Å²) in [6.45, 7) is 0.461. The average molecular weight is 449 g/mol. The third kappa shape index (κ3) is 6.26. The Kier molecular flexibility index (Phi) is 8.16. The first-order valence-corrected chi connectivity index (χ1v) is 10.4. The second-order valence-corrected chi connectivity index (χ2v) is 7.47. The van der Waals surface area contributed by atoms with Crippen LogP contribution in [0.4, 0.5) is 13.2 Å². The van der Waals surface area contributed by atoms with Crippen LogP contribution in [0.25, 0.3) is 6.08 Å². The molecule has 1 amide bonds. The highest BCUT2D eigenvalue weighted by Crippen LogP contribution is 2.35. The van der Waals surface area contributed by atoms with Gasteiger partial charge in [0.1, 0.15) is 5.82 Å². The Morgan fingerprint density at radius 2 is 1.97 bits per heavy atom. The van der Waals surface area contributed by atoms with Crippen LogP contribution < -0.4 is 14.8 Å². The van der Waals surface area contributed by atoms with Crippen LogP contribution in [0.5, 0.6) is 11.5 Å². The van der Waals surface area contributed by atoms with Gasteiger partial charge in [0, 0.05) is 31.2 Å². The number of hydrogen-bond acceptors (Lipinski definition) is 4. The normalized spacial score (nSPS) is 15.7. The zero-order valence-corrected chi connectivity index (χ0v) is 17.8. The summed E-state index contributed by atoms with van der Waals surface area (Å²) in [5.41, 5.74) is 1.03. The molecule has 1 fully saturated rings. The van der Waals surface area contributed by atoms with E-state index in [0.29, 0.717) is 38.2 Å². The van der Waals surface area contributed by atoms with Gasteiger partial charge in [0.05, 0.1) is 6.61 Å². The molecule has 0 aliphatic carbocycles. The first-order chi connectivity index (χ1) is 15.4. The fraction of sp³-hybridized carbons (Fsp3) is 0.375. The number of halogens is 3. The minimum Gasteiger partial charge on any atom is -0.490 e. The second-order valence-electron chi connectivity index (χ2n) is 7.47. The van der Waals surface area contributed by atoms with Gasteiger partial charge in [-0.2, -0.15) is 8.78 Å². The van der Waals surface area contributed by atoms with Crippen molar-refractivity contribution in [2.45, 2.75) is 31.8 Å². The summed E-state index contributed by atoms with van der Waals surface area (Å²) < 4.78 is 54.1. The molecule has 0 unspecified atom stereocenters. The molecule has 0 atom stereocenters. The minimum atomic E-state index is -2.96. The molecule has 0 spiro atoms. The van der Waals surface area contributed by atoms with Crippen molar-refractivity contribution in [1.29, 1.82) is 0 Å². The average Bonchev–Trinajstić information content (AvgIpc) is 2.78. The summed E-state index contributed by atoms with van der Waals surface area (Å²) in [7, 11) is 0. The number of rotatable bonds is 9. The summed E-state index contributed by atoms with van der Waals surface area (Å²) in [5.74, 6) is -0.537.